The van der Waals surface area contributed by atoms with E-state index in [2.05, 4.69) is 26.0 Å². The lowest BCUT2D eigenvalue weighted by Crippen LogP contribution is -1.98. The van der Waals surface area contributed by atoms with Crippen LogP contribution in [0.15, 0.2) is 29.3 Å². The lowest BCUT2D eigenvalue weighted by Gasteiger charge is -2.06. The maximum atomic E-state index is 5.66. The summed E-state index contributed by atoms with van der Waals surface area (Å²) in [5.41, 5.74) is 7.75. The van der Waals surface area contributed by atoms with Gasteiger partial charge in [-0.1, -0.05) is 26.0 Å². The SMILES string of the molecule is CC(C)C1=NC(c2ccc(N)cc2)CS1. The van der Waals surface area contributed by atoms with Gasteiger partial charge < -0.3 is 5.73 Å². The fraction of sp³-hybridized carbons (Fsp3) is 0.417. The molecule has 1 aliphatic heterocycles. The van der Waals surface area contributed by atoms with Crippen LogP contribution in [0.3, 0.4) is 0 Å². The Morgan fingerprint density at radius 1 is 1.33 bits per heavy atom. The van der Waals surface area contributed by atoms with Crippen LogP contribution in [0.1, 0.15) is 25.5 Å². The second-order valence-electron chi connectivity index (χ2n) is 4.12. The molecule has 1 aromatic carbocycles. The first kappa shape index (κ1) is 10.6. The van der Waals surface area contributed by atoms with Gasteiger partial charge >= 0.3 is 0 Å². The van der Waals surface area contributed by atoms with E-state index in [1.165, 1.54) is 10.6 Å². The molecule has 0 saturated heterocycles. The van der Waals surface area contributed by atoms with Crippen LogP contribution in [0.2, 0.25) is 0 Å². The number of hydrogen-bond donors (Lipinski definition) is 1. The molecule has 1 aromatic rings. The van der Waals surface area contributed by atoms with E-state index in [-0.39, 0.29) is 0 Å². The molecule has 1 heterocycles. The average Bonchev–Trinajstić information content (AvgIpc) is 2.68. The molecular formula is C12H16N2S. The molecule has 0 spiro atoms. The summed E-state index contributed by atoms with van der Waals surface area (Å²) in [5, 5.41) is 1.27. The van der Waals surface area contributed by atoms with Gasteiger partial charge in [-0.25, -0.2) is 0 Å². The van der Waals surface area contributed by atoms with Crippen LogP contribution >= 0.6 is 11.8 Å². The monoisotopic (exact) mass is 220 g/mol. The van der Waals surface area contributed by atoms with Crippen LogP contribution < -0.4 is 5.73 Å². The topological polar surface area (TPSA) is 38.4 Å². The van der Waals surface area contributed by atoms with E-state index in [4.69, 9.17) is 10.7 Å². The largest absolute Gasteiger partial charge is 0.399 e. The second-order valence-corrected chi connectivity index (χ2v) is 5.16. The van der Waals surface area contributed by atoms with E-state index >= 15 is 0 Å². The van der Waals surface area contributed by atoms with Crippen molar-refractivity contribution in [3.8, 4) is 0 Å². The zero-order chi connectivity index (χ0) is 10.8. The molecule has 15 heavy (non-hydrogen) atoms. The van der Waals surface area contributed by atoms with Gasteiger partial charge in [-0.2, -0.15) is 0 Å². The van der Waals surface area contributed by atoms with Crippen LogP contribution in [0.4, 0.5) is 5.69 Å². The Morgan fingerprint density at radius 3 is 2.53 bits per heavy atom. The van der Waals surface area contributed by atoms with Crippen LogP contribution in [0.25, 0.3) is 0 Å². The highest BCUT2D eigenvalue weighted by Gasteiger charge is 2.21. The zero-order valence-corrected chi connectivity index (χ0v) is 9.92. The van der Waals surface area contributed by atoms with Crippen molar-refractivity contribution in [1.82, 2.24) is 0 Å². The van der Waals surface area contributed by atoms with Gasteiger partial charge in [0.15, 0.2) is 0 Å². The molecular weight excluding hydrogens is 204 g/mol. The van der Waals surface area contributed by atoms with Crippen molar-refractivity contribution in [3.05, 3.63) is 29.8 Å². The number of anilines is 1. The van der Waals surface area contributed by atoms with Gasteiger partial charge in [0.2, 0.25) is 0 Å². The summed E-state index contributed by atoms with van der Waals surface area (Å²) < 4.78 is 0. The number of thioether (sulfide) groups is 1. The zero-order valence-electron chi connectivity index (χ0n) is 9.10. The minimum absolute atomic E-state index is 0.327. The van der Waals surface area contributed by atoms with E-state index in [1.54, 1.807) is 0 Å². The number of rotatable bonds is 2. The molecule has 1 atom stereocenters. The Labute approximate surface area is 95.0 Å². The van der Waals surface area contributed by atoms with E-state index in [0.29, 0.717) is 12.0 Å². The number of nitrogens with zero attached hydrogens (tertiary/aromatic N) is 1. The second kappa shape index (κ2) is 4.27. The summed E-state index contributed by atoms with van der Waals surface area (Å²) in [6.07, 6.45) is 0. The molecule has 2 rings (SSSR count). The van der Waals surface area contributed by atoms with Crippen LogP contribution in [-0.4, -0.2) is 10.8 Å². The first-order valence-corrected chi connectivity index (χ1v) is 6.21. The third-order valence-electron chi connectivity index (χ3n) is 2.49. The van der Waals surface area contributed by atoms with Crippen molar-refractivity contribution in [3.63, 3.8) is 0 Å². The van der Waals surface area contributed by atoms with Gasteiger partial charge in [0, 0.05) is 17.4 Å². The van der Waals surface area contributed by atoms with Gasteiger partial charge in [-0.05, 0) is 17.7 Å². The van der Waals surface area contributed by atoms with Crippen molar-refractivity contribution in [2.45, 2.75) is 19.9 Å². The normalized spacial score (nSPS) is 20.7. The average molecular weight is 220 g/mol. The third kappa shape index (κ3) is 2.34. The maximum absolute atomic E-state index is 5.66. The molecule has 0 saturated carbocycles. The van der Waals surface area contributed by atoms with Crippen LogP contribution in [0.5, 0.6) is 0 Å². The summed E-state index contributed by atoms with van der Waals surface area (Å²) in [7, 11) is 0. The molecule has 0 radical (unpaired) electrons. The predicted molar refractivity (Wildman–Crippen MR) is 68.3 cm³/mol. The minimum Gasteiger partial charge on any atom is -0.399 e. The molecule has 0 amide bonds. The highest BCUT2D eigenvalue weighted by Crippen LogP contribution is 2.33. The van der Waals surface area contributed by atoms with Crippen molar-refractivity contribution in [2.75, 3.05) is 11.5 Å². The molecule has 1 aliphatic rings. The Kier molecular flexibility index (Phi) is 3.00. The maximum Gasteiger partial charge on any atom is 0.0852 e. The number of benzene rings is 1. The van der Waals surface area contributed by atoms with Crippen LogP contribution in [-0.2, 0) is 0 Å². The molecule has 2 nitrogen and oxygen atoms in total. The van der Waals surface area contributed by atoms with E-state index in [0.717, 1.165) is 11.4 Å². The molecule has 1 unspecified atom stereocenters. The van der Waals surface area contributed by atoms with Gasteiger partial charge in [0.1, 0.15) is 0 Å². The molecule has 80 valence electrons. The molecule has 0 fully saturated rings. The standard InChI is InChI=1S/C12H16N2S/c1-8(2)12-14-11(7-15-12)9-3-5-10(13)6-4-9/h3-6,8,11H,7,13H2,1-2H3. The lowest BCUT2D eigenvalue weighted by atomic mass is 10.1. The van der Waals surface area contributed by atoms with Crippen molar-refractivity contribution >= 4 is 22.5 Å². The van der Waals surface area contributed by atoms with Gasteiger partial charge in [-0.15, -0.1) is 11.8 Å². The van der Waals surface area contributed by atoms with Gasteiger partial charge in [0.05, 0.1) is 11.1 Å². The van der Waals surface area contributed by atoms with E-state index in [1.807, 2.05) is 23.9 Å². The molecule has 0 aliphatic carbocycles. The fourth-order valence-electron chi connectivity index (χ4n) is 1.60. The Bertz CT molecular complexity index is 368. The molecule has 3 heteroatoms. The third-order valence-corrected chi connectivity index (χ3v) is 3.84. The van der Waals surface area contributed by atoms with Crippen molar-refractivity contribution in [1.29, 1.82) is 0 Å². The predicted octanol–water partition coefficient (Wildman–Crippen LogP) is 3.11. The molecule has 2 N–H and O–H groups in total. The molecule has 0 aromatic heterocycles. The summed E-state index contributed by atoms with van der Waals surface area (Å²) in [4.78, 5) is 4.73. The number of hydrogen-bond acceptors (Lipinski definition) is 3. The van der Waals surface area contributed by atoms with Crippen molar-refractivity contribution in [2.24, 2.45) is 10.9 Å². The summed E-state index contributed by atoms with van der Waals surface area (Å²) >= 11 is 1.88. The number of aliphatic imine (C=N–C) groups is 1. The highest BCUT2D eigenvalue weighted by atomic mass is 32.2. The highest BCUT2D eigenvalue weighted by molar-refractivity contribution is 8.14. The summed E-state index contributed by atoms with van der Waals surface area (Å²) in [6, 6.07) is 8.37. The fourth-order valence-corrected chi connectivity index (χ4v) is 2.73. The minimum atomic E-state index is 0.327. The Balaban J connectivity index is 2.17. The number of nitrogens with two attached hydrogens (primary N) is 1. The van der Waals surface area contributed by atoms with Crippen LogP contribution in [0, 0.1) is 5.92 Å². The van der Waals surface area contributed by atoms with Gasteiger partial charge in [0.25, 0.3) is 0 Å². The lowest BCUT2D eigenvalue weighted by molar-refractivity contribution is 0.823. The van der Waals surface area contributed by atoms with E-state index < -0.39 is 0 Å². The number of nitrogen functional groups attached to an aromatic ring is 1. The molecule has 0 bridgehead atoms. The first-order valence-electron chi connectivity index (χ1n) is 5.22. The summed E-state index contributed by atoms with van der Waals surface area (Å²) in [5.74, 6) is 1.62. The Morgan fingerprint density at radius 2 is 2.00 bits per heavy atom. The van der Waals surface area contributed by atoms with Gasteiger partial charge in [-0.3, -0.25) is 4.99 Å². The first-order chi connectivity index (χ1) is 7.16. The smallest absolute Gasteiger partial charge is 0.0852 e. The Hall–Kier alpha value is -0.960. The summed E-state index contributed by atoms with van der Waals surface area (Å²) in [6.45, 7) is 4.38. The van der Waals surface area contributed by atoms with E-state index in [9.17, 15) is 0 Å². The quantitative estimate of drug-likeness (QED) is 0.778. The van der Waals surface area contributed by atoms with Crippen molar-refractivity contribution < 1.29 is 0 Å².